The Morgan fingerprint density at radius 3 is 2.49 bits per heavy atom. The number of carbonyl (C=O) groups excluding carboxylic acids is 1. The summed E-state index contributed by atoms with van der Waals surface area (Å²) >= 11 is 0. The highest BCUT2D eigenvalue weighted by atomic mass is 16.7. The third kappa shape index (κ3) is 5.13. The van der Waals surface area contributed by atoms with E-state index in [2.05, 4.69) is 15.3 Å². The number of carbonyl (C=O) groups is 2. The van der Waals surface area contributed by atoms with Gasteiger partial charge in [-0.25, -0.2) is 9.78 Å². The van der Waals surface area contributed by atoms with Crippen molar-refractivity contribution < 1.29 is 24.0 Å². The Hall–Kier alpha value is -3.44. The summed E-state index contributed by atoms with van der Waals surface area (Å²) in [5.41, 5.74) is 3.41. The van der Waals surface area contributed by atoms with Crippen molar-refractivity contribution in [3.05, 3.63) is 42.4 Å². The second-order valence-corrected chi connectivity index (χ2v) is 11.8. The zero-order valence-corrected chi connectivity index (χ0v) is 23.3. The maximum absolute atomic E-state index is 13.3. The van der Waals surface area contributed by atoms with E-state index in [-0.39, 0.29) is 17.9 Å². The van der Waals surface area contributed by atoms with Crippen molar-refractivity contribution in [3.8, 4) is 11.3 Å². The van der Waals surface area contributed by atoms with Crippen molar-refractivity contribution in [2.24, 2.45) is 5.92 Å². The average molecular weight is 533 g/mol. The second-order valence-electron chi connectivity index (χ2n) is 11.8. The van der Waals surface area contributed by atoms with Crippen molar-refractivity contribution in [2.75, 3.05) is 6.54 Å². The molecular formula is C28H36BN5O5. The lowest BCUT2D eigenvalue weighted by molar-refractivity contribution is -0.135. The first-order valence-electron chi connectivity index (χ1n) is 13.5. The maximum Gasteiger partial charge on any atom is 0.496 e. The van der Waals surface area contributed by atoms with Gasteiger partial charge >= 0.3 is 13.2 Å². The second kappa shape index (κ2) is 9.95. The minimum Gasteiger partial charge on any atom is -0.465 e. The first-order chi connectivity index (χ1) is 18.4. The standard InChI is InChI=1S/C28H36BN5O5/c1-16(2)23(33-26(36)37)25(35)34-13-7-8-22(34)24-31-20-11-9-17(14-21(20)32-24)19-12-10-18(15-30-19)29-38-27(3,4)28(5,6)39-29/h9-12,14-16,22-23,33H,7-8,13H2,1-6H3,(H,31,32)(H,36,37)/t22-,23-/m0/s1. The quantitative estimate of drug-likeness (QED) is 0.410. The van der Waals surface area contributed by atoms with Gasteiger partial charge in [0.05, 0.1) is 34.0 Å². The SMILES string of the molecule is CC(C)[C@H](NC(=O)O)C(=O)N1CCC[C@H]1c1nc2cc(-c3ccc(B4OC(C)(C)C(C)(C)O4)cn3)ccc2[nH]1. The Labute approximate surface area is 228 Å². The Morgan fingerprint density at radius 2 is 1.87 bits per heavy atom. The molecule has 0 aliphatic carbocycles. The number of hydrogen-bond donors (Lipinski definition) is 3. The third-order valence-corrected chi connectivity index (χ3v) is 8.17. The van der Waals surface area contributed by atoms with E-state index in [0.717, 1.165) is 40.6 Å². The summed E-state index contributed by atoms with van der Waals surface area (Å²) in [7, 11) is -0.467. The lowest BCUT2D eigenvalue weighted by Gasteiger charge is -2.32. The van der Waals surface area contributed by atoms with Crippen LogP contribution < -0.4 is 10.8 Å². The number of likely N-dealkylation sites (tertiary alicyclic amines) is 1. The molecule has 5 rings (SSSR count). The number of H-pyrrole nitrogens is 1. The van der Waals surface area contributed by atoms with Crippen LogP contribution in [0, 0.1) is 5.92 Å². The molecule has 2 aromatic heterocycles. The first kappa shape index (κ1) is 27.1. The highest BCUT2D eigenvalue weighted by molar-refractivity contribution is 6.62. The fourth-order valence-electron chi connectivity index (χ4n) is 5.18. The summed E-state index contributed by atoms with van der Waals surface area (Å²) in [6, 6.07) is 8.83. The number of fused-ring (bicyclic) bond motifs is 1. The number of imidazole rings is 1. The van der Waals surface area contributed by atoms with E-state index in [1.807, 2.05) is 71.9 Å². The number of carboxylic acid groups (broad SMARTS) is 1. The third-order valence-electron chi connectivity index (χ3n) is 8.17. The van der Waals surface area contributed by atoms with Crippen LogP contribution in [0.25, 0.3) is 22.3 Å². The van der Waals surface area contributed by atoms with Gasteiger partial charge in [0.2, 0.25) is 5.91 Å². The molecule has 0 bridgehead atoms. The summed E-state index contributed by atoms with van der Waals surface area (Å²) in [6.07, 6.45) is 2.18. The number of rotatable bonds is 6. The monoisotopic (exact) mass is 533 g/mol. The molecule has 3 aromatic rings. The number of hydrogen-bond acceptors (Lipinski definition) is 6. The van der Waals surface area contributed by atoms with Crippen LogP contribution in [0.2, 0.25) is 0 Å². The summed E-state index contributed by atoms with van der Waals surface area (Å²) < 4.78 is 12.3. The molecule has 206 valence electrons. The van der Waals surface area contributed by atoms with E-state index in [1.54, 1.807) is 11.1 Å². The minimum atomic E-state index is -1.20. The molecule has 2 atom stereocenters. The van der Waals surface area contributed by atoms with Crippen LogP contribution in [0.4, 0.5) is 4.79 Å². The van der Waals surface area contributed by atoms with Crippen molar-refractivity contribution in [1.82, 2.24) is 25.2 Å². The van der Waals surface area contributed by atoms with Crippen molar-refractivity contribution in [2.45, 2.75) is 77.7 Å². The van der Waals surface area contributed by atoms with E-state index in [0.29, 0.717) is 12.4 Å². The maximum atomic E-state index is 13.3. The molecule has 10 nitrogen and oxygen atoms in total. The van der Waals surface area contributed by atoms with Gasteiger partial charge < -0.3 is 29.6 Å². The molecule has 0 unspecified atom stereocenters. The van der Waals surface area contributed by atoms with Gasteiger partial charge in [-0.3, -0.25) is 9.78 Å². The zero-order valence-electron chi connectivity index (χ0n) is 23.3. The molecule has 0 saturated carbocycles. The van der Waals surface area contributed by atoms with E-state index >= 15 is 0 Å². The van der Waals surface area contributed by atoms with Crippen LogP contribution in [0.5, 0.6) is 0 Å². The Morgan fingerprint density at radius 1 is 1.15 bits per heavy atom. The van der Waals surface area contributed by atoms with Crippen LogP contribution >= 0.6 is 0 Å². The van der Waals surface area contributed by atoms with Gasteiger partial charge in [-0.15, -0.1) is 0 Å². The summed E-state index contributed by atoms with van der Waals surface area (Å²) in [5.74, 6) is 0.314. The molecule has 39 heavy (non-hydrogen) atoms. The Balaban J connectivity index is 1.35. The lowest BCUT2D eigenvalue weighted by Crippen LogP contribution is -2.50. The Kier molecular flexibility index (Phi) is 6.92. The van der Waals surface area contributed by atoms with Gasteiger partial charge in [-0.2, -0.15) is 0 Å². The van der Waals surface area contributed by atoms with E-state index in [4.69, 9.17) is 14.3 Å². The van der Waals surface area contributed by atoms with E-state index < -0.39 is 30.5 Å². The van der Waals surface area contributed by atoms with Crippen LogP contribution in [-0.2, 0) is 14.1 Å². The molecule has 1 aromatic carbocycles. The number of benzene rings is 1. The fourth-order valence-corrected chi connectivity index (χ4v) is 5.18. The van der Waals surface area contributed by atoms with Gasteiger partial charge in [-0.05, 0) is 64.7 Å². The molecule has 2 saturated heterocycles. The predicted octanol–water partition coefficient (Wildman–Crippen LogP) is 3.88. The van der Waals surface area contributed by atoms with Gasteiger partial charge in [0.1, 0.15) is 11.9 Å². The van der Waals surface area contributed by atoms with Gasteiger partial charge in [0.25, 0.3) is 0 Å². The molecule has 0 radical (unpaired) electrons. The number of nitrogens with zero attached hydrogens (tertiary/aromatic N) is 3. The molecule has 3 N–H and O–H groups in total. The summed E-state index contributed by atoms with van der Waals surface area (Å²) in [4.78, 5) is 39.2. The lowest BCUT2D eigenvalue weighted by atomic mass is 9.80. The number of aromatic amines is 1. The smallest absolute Gasteiger partial charge is 0.465 e. The largest absolute Gasteiger partial charge is 0.496 e. The molecular weight excluding hydrogens is 497 g/mol. The van der Waals surface area contributed by atoms with Crippen LogP contribution in [0.3, 0.4) is 0 Å². The summed E-state index contributed by atoms with van der Waals surface area (Å²) in [6.45, 7) is 12.3. The molecule has 4 heterocycles. The van der Waals surface area contributed by atoms with E-state index in [9.17, 15) is 14.7 Å². The number of nitrogens with one attached hydrogen (secondary N) is 2. The van der Waals surface area contributed by atoms with Gasteiger partial charge in [0, 0.05) is 23.8 Å². The van der Waals surface area contributed by atoms with Gasteiger partial charge in [-0.1, -0.05) is 26.0 Å². The fraction of sp³-hybridized carbons (Fsp3) is 0.500. The summed E-state index contributed by atoms with van der Waals surface area (Å²) in [5, 5.41) is 11.6. The highest BCUT2D eigenvalue weighted by Crippen LogP contribution is 2.37. The molecule has 2 fully saturated rings. The molecule has 2 amide bonds. The predicted molar refractivity (Wildman–Crippen MR) is 149 cm³/mol. The van der Waals surface area contributed by atoms with Crippen LogP contribution in [0.1, 0.15) is 66.3 Å². The highest BCUT2D eigenvalue weighted by Gasteiger charge is 2.51. The number of aromatic nitrogens is 3. The van der Waals surface area contributed by atoms with Crippen molar-refractivity contribution in [1.29, 1.82) is 0 Å². The minimum absolute atomic E-state index is 0.170. The molecule has 0 spiro atoms. The average Bonchev–Trinajstić information content (AvgIpc) is 3.57. The van der Waals surface area contributed by atoms with Crippen LogP contribution in [0.15, 0.2) is 36.5 Å². The topological polar surface area (TPSA) is 130 Å². The van der Waals surface area contributed by atoms with Crippen molar-refractivity contribution in [3.63, 3.8) is 0 Å². The number of amides is 2. The first-order valence-corrected chi connectivity index (χ1v) is 13.5. The molecule has 2 aliphatic rings. The van der Waals surface area contributed by atoms with Gasteiger partial charge in [0.15, 0.2) is 0 Å². The van der Waals surface area contributed by atoms with Crippen molar-refractivity contribution >= 4 is 35.6 Å². The van der Waals surface area contributed by atoms with E-state index in [1.165, 1.54) is 0 Å². The normalized spacial score (nSPS) is 21.1. The molecule has 2 aliphatic heterocycles. The number of pyridine rings is 1. The molecule has 11 heteroatoms. The Bertz CT molecular complexity index is 1370. The van der Waals surface area contributed by atoms with Crippen LogP contribution in [-0.4, -0.2) is 67.9 Å². The zero-order chi connectivity index (χ0) is 28.1.